The molecule has 0 aliphatic carbocycles. The lowest BCUT2D eigenvalue weighted by molar-refractivity contribution is -0.383. The quantitative estimate of drug-likeness (QED) is 0.493. The SMILES string of the molecule is CC.CCC(CO)Nc1ccc(-c2nc3ccccc3o2)cc1[N+](=O)[O-]. The van der Waals surface area contributed by atoms with Crippen molar-refractivity contribution in [3.63, 3.8) is 0 Å². The second kappa shape index (κ2) is 8.96. The van der Waals surface area contributed by atoms with Crippen molar-refractivity contribution < 1.29 is 14.4 Å². The van der Waals surface area contributed by atoms with Crippen LogP contribution in [0.2, 0.25) is 0 Å². The molecule has 3 rings (SSSR count). The predicted octanol–water partition coefficient (Wildman–Crippen LogP) is 4.61. The van der Waals surface area contributed by atoms with Crippen LogP contribution in [0, 0.1) is 10.1 Å². The van der Waals surface area contributed by atoms with E-state index in [1.165, 1.54) is 6.07 Å². The monoisotopic (exact) mass is 357 g/mol. The number of benzene rings is 2. The zero-order valence-corrected chi connectivity index (χ0v) is 15.1. The highest BCUT2D eigenvalue weighted by atomic mass is 16.6. The summed E-state index contributed by atoms with van der Waals surface area (Å²) in [5.74, 6) is 0.333. The van der Waals surface area contributed by atoms with Gasteiger partial charge >= 0.3 is 0 Å². The molecule has 7 nitrogen and oxygen atoms in total. The van der Waals surface area contributed by atoms with E-state index in [2.05, 4.69) is 10.3 Å². The number of nitrogens with one attached hydrogen (secondary N) is 1. The van der Waals surface area contributed by atoms with Crippen molar-refractivity contribution in [2.75, 3.05) is 11.9 Å². The van der Waals surface area contributed by atoms with Crippen LogP contribution in [-0.2, 0) is 0 Å². The van der Waals surface area contributed by atoms with Gasteiger partial charge in [0.15, 0.2) is 5.58 Å². The van der Waals surface area contributed by atoms with E-state index in [0.717, 1.165) is 0 Å². The fourth-order valence-corrected chi connectivity index (χ4v) is 2.43. The molecule has 0 saturated carbocycles. The first kappa shape index (κ1) is 19.4. The topological polar surface area (TPSA) is 101 Å². The number of fused-ring (bicyclic) bond motifs is 1. The number of aromatic nitrogens is 1. The van der Waals surface area contributed by atoms with E-state index in [1.54, 1.807) is 18.2 Å². The lowest BCUT2D eigenvalue weighted by atomic mass is 10.1. The molecule has 1 heterocycles. The Labute approximate surface area is 151 Å². The number of para-hydroxylation sites is 2. The molecular weight excluding hydrogens is 334 g/mol. The van der Waals surface area contributed by atoms with Gasteiger partial charge in [-0.1, -0.05) is 32.9 Å². The van der Waals surface area contributed by atoms with Crippen LogP contribution in [0.4, 0.5) is 11.4 Å². The third kappa shape index (κ3) is 4.18. The van der Waals surface area contributed by atoms with Gasteiger partial charge in [0.05, 0.1) is 11.5 Å². The molecule has 0 aliphatic heterocycles. The van der Waals surface area contributed by atoms with Crippen molar-refractivity contribution in [1.82, 2.24) is 4.98 Å². The standard InChI is InChI=1S/C17H17N3O4.C2H6/c1-2-12(10-21)18-13-8-7-11(9-15(13)20(22)23)17-19-14-5-3-4-6-16(14)24-17;1-2/h3-9,12,18,21H,2,10H2,1H3;1-2H3. The minimum Gasteiger partial charge on any atom is -0.436 e. The Morgan fingerprint density at radius 2 is 2.00 bits per heavy atom. The average molecular weight is 357 g/mol. The highest BCUT2D eigenvalue weighted by Crippen LogP contribution is 2.32. The van der Waals surface area contributed by atoms with E-state index in [0.29, 0.717) is 34.7 Å². The van der Waals surface area contributed by atoms with Crippen LogP contribution in [0.3, 0.4) is 0 Å². The molecule has 1 aromatic heterocycles. The summed E-state index contributed by atoms with van der Waals surface area (Å²) in [6, 6.07) is 11.8. The second-order valence-corrected chi connectivity index (χ2v) is 5.41. The second-order valence-electron chi connectivity index (χ2n) is 5.41. The largest absolute Gasteiger partial charge is 0.436 e. The van der Waals surface area contributed by atoms with Crippen molar-refractivity contribution >= 4 is 22.5 Å². The molecular formula is C19H23N3O4. The lowest BCUT2D eigenvalue weighted by Crippen LogP contribution is -2.23. The third-order valence-corrected chi connectivity index (χ3v) is 3.81. The molecule has 0 saturated heterocycles. The summed E-state index contributed by atoms with van der Waals surface area (Å²) in [7, 11) is 0. The van der Waals surface area contributed by atoms with Gasteiger partial charge in [-0.25, -0.2) is 4.98 Å². The number of aliphatic hydroxyl groups is 1. The number of nitrogens with zero attached hydrogens (tertiary/aromatic N) is 2. The van der Waals surface area contributed by atoms with Gasteiger partial charge in [-0.05, 0) is 30.7 Å². The Kier molecular flexibility index (Phi) is 6.68. The third-order valence-electron chi connectivity index (χ3n) is 3.81. The Morgan fingerprint density at radius 1 is 1.27 bits per heavy atom. The number of aliphatic hydroxyl groups excluding tert-OH is 1. The van der Waals surface area contributed by atoms with E-state index in [-0.39, 0.29) is 18.3 Å². The lowest BCUT2D eigenvalue weighted by Gasteiger charge is -2.15. The summed E-state index contributed by atoms with van der Waals surface area (Å²) in [4.78, 5) is 15.3. The first-order valence-electron chi connectivity index (χ1n) is 8.64. The summed E-state index contributed by atoms with van der Waals surface area (Å²) in [6.07, 6.45) is 0.653. The summed E-state index contributed by atoms with van der Waals surface area (Å²) in [6.45, 7) is 5.80. The van der Waals surface area contributed by atoms with Crippen LogP contribution in [0.5, 0.6) is 0 Å². The smallest absolute Gasteiger partial charge is 0.293 e. The highest BCUT2D eigenvalue weighted by molar-refractivity contribution is 5.77. The minimum absolute atomic E-state index is 0.0818. The van der Waals surface area contributed by atoms with Gasteiger partial charge in [0.1, 0.15) is 11.2 Å². The molecule has 0 spiro atoms. The minimum atomic E-state index is -0.460. The summed E-state index contributed by atoms with van der Waals surface area (Å²) in [5, 5.41) is 23.7. The Hall–Kier alpha value is -2.93. The highest BCUT2D eigenvalue weighted by Gasteiger charge is 2.19. The fourth-order valence-electron chi connectivity index (χ4n) is 2.43. The molecule has 26 heavy (non-hydrogen) atoms. The van der Waals surface area contributed by atoms with Gasteiger partial charge in [-0.2, -0.15) is 0 Å². The van der Waals surface area contributed by atoms with E-state index < -0.39 is 4.92 Å². The van der Waals surface area contributed by atoms with Gasteiger partial charge < -0.3 is 14.8 Å². The number of hydrogen-bond acceptors (Lipinski definition) is 6. The Balaban J connectivity index is 0.00000117. The maximum atomic E-state index is 11.4. The zero-order valence-electron chi connectivity index (χ0n) is 15.1. The molecule has 2 N–H and O–H groups in total. The molecule has 138 valence electrons. The van der Waals surface area contributed by atoms with Gasteiger partial charge in [0.25, 0.3) is 5.69 Å². The number of rotatable bonds is 6. The van der Waals surface area contributed by atoms with Crippen LogP contribution in [0.1, 0.15) is 27.2 Å². The molecule has 1 unspecified atom stereocenters. The van der Waals surface area contributed by atoms with Gasteiger partial charge in [0, 0.05) is 17.7 Å². The summed E-state index contributed by atoms with van der Waals surface area (Å²) in [5.41, 5.74) is 2.13. The number of nitro groups is 1. The van der Waals surface area contributed by atoms with E-state index in [4.69, 9.17) is 4.42 Å². The van der Waals surface area contributed by atoms with Crippen LogP contribution in [0.15, 0.2) is 46.9 Å². The molecule has 0 fully saturated rings. The number of hydrogen-bond donors (Lipinski definition) is 2. The van der Waals surface area contributed by atoms with E-state index in [1.807, 2.05) is 39.0 Å². The zero-order chi connectivity index (χ0) is 19.1. The van der Waals surface area contributed by atoms with Crippen LogP contribution in [0.25, 0.3) is 22.6 Å². The van der Waals surface area contributed by atoms with Gasteiger partial charge in [-0.15, -0.1) is 0 Å². The maximum absolute atomic E-state index is 11.4. The van der Waals surface area contributed by atoms with Crippen LogP contribution in [-0.4, -0.2) is 27.7 Å². The molecule has 2 aromatic carbocycles. The molecule has 1 atom stereocenters. The van der Waals surface area contributed by atoms with Crippen molar-refractivity contribution in [2.24, 2.45) is 0 Å². The summed E-state index contributed by atoms with van der Waals surface area (Å²) < 4.78 is 5.66. The molecule has 7 heteroatoms. The molecule has 0 bridgehead atoms. The first-order chi connectivity index (χ1) is 12.6. The van der Waals surface area contributed by atoms with Crippen LogP contribution >= 0.6 is 0 Å². The molecule has 0 amide bonds. The number of oxazole rings is 1. The number of anilines is 1. The van der Waals surface area contributed by atoms with Crippen molar-refractivity contribution in [3.8, 4) is 11.5 Å². The molecule has 0 aliphatic rings. The summed E-state index contributed by atoms with van der Waals surface area (Å²) >= 11 is 0. The van der Waals surface area contributed by atoms with Crippen molar-refractivity contribution in [2.45, 2.75) is 33.2 Å². The first-order valence-corrected chi connectivity index (χ1v) is 8.64. The van der Waals surface area contributed by atoms with E-state index in [9.17, 15) is 15.2 Å². The Bertz CT molecular complexity index is 839. The van der Waals surface area contributed by atoms with Gasteiger partial charge in [-0.3, -0.25) is 10.1 Å². The predicted molar refractivity (Wildman–Crippen MR) is 102 cm³/mol. The normalized spacial score (nSPS) is 11.5. The van der Waals surface area contributed by atoms with Crippen molar-refractivity contribution in [3.05, 3.63) is 52.6 Å². The molecule has 3 aromatic rings. The van der Waals surface area contributed by atoms with Crippen LogP contribution < -0.4 is 5.32 Å². The fraction of sp³-hybridized carbons (Fsp3) is 0.316. The molecule has 0 radical (unpaired) electrons. The number of nitro benzene ring substituents is 1. The maximum Gasteiger partial charge on any atom is 0.293 e. The van der Waals surface area contributed by atoms with Crippen molar-refractivity contribution in [1.29, 1.82) is 0 Å². The van der Waals surface area contributed by atoms with Gasteiger partial charge in [0.2, 0.25) is 5.89 Å². The van der Waals surface area contributed by atoms with E-state index >= 15 is 0 Å². The Morgan fingerprint density at radius 3 is 2.62 bits per heavy atom. The average Bonchev–Trinajstić information content (AvgIpc) is 3.11.